The van der Waals surface area contributed by atoms with Crippen LogP contribution in [0.4, 0.5) is 0 Å². The van der Waals surface area contributed by atoms with Gasteiger partial charge in [-0.3, -0.25) is 0 Å². The number of rotatable bonds is 4. The molecule has 0 aliphatic heterocycles. The lowest BCUT2D eigenvalue weighted by atomic mass is 10.1. The highest BCUT2D eigenvalue weighted by atomic mass is 32.1. The monoisotopic (exact) mass is 605 g/mol. The van der Waals surface area contributed by atoms with E-state index in [-0.39, 0.29) is 0 Å². The highest BCUT2D eigenvalue weighted by Crippen LogP contribution is 2.43. The molecule has 0 spiro atoms. The molecule has 3 heterocycles. The molecular weight excluding hydrogens is 583 g/mol. The average molecular weight is 606 g/mol. The Morgan fingerprint density at radius 2 is 1.13 bits per heavy atom. The van der Waals surface area contributed by atoms with Crippen molar-refractivity contribution in [3.8, 4) is 45.9 Å². The first-order valence-corrected chi connectivity index (χ1v) is 15.8. The molecule has 46 heavy (non-hydrogen) atoms. The van der Waals surface area contributed by atoms with E-state index in [1.807, 2.05) is 48.5 Å². The van der Waals surface area contributed by atoms with Crippen molar-refractivity contribution in [2.24, 2.45) is 0 Å². The molecule has 0 aliphatic rings. The van der Waals surface area contributed by atoms with E-state index in [9.17, 15) is 5.26 Å². The number of nitriles is 1. The Kier molecular flexibility index (Phi) is 5.98. The highest BCUT2D eigenvalue weighted by molar-refractivity contribution is 7.26. The fraction of sp³-hybridized carbons (Fsp3) is 0. The van der Waals surface area contributed by atoms with Crippen molar-refractivity contribution in [1.82, 2.24) is 19.5 Å². The largest absolute Gasteiger partial charge is 0.309 e. The third-order valence-corrected chi connectivity index (χ3v) is 9.68. The molecule has 0 saturated heterocycles. The minimum atomic E-state index is 0.525. The number of hydrogen-bond donors (Lipinski definition) is 0. The molecular formula is C40H23N5S. The standard InChI is InChI=1S/C40H23N5S/c41-24-25-11-10-14-27(21-25)39-42-38(26-12-2-1-3-13-26)43-40(44-39)33-23-28(22-32-31-17-6-9-20-36(31)46-37(32)33)45-34-18-7-4-15-29(34)30-16-5-8-19-35(30)45/h1-23H. The Bertz CT molecular complexity index is 2610. The van der Waals surface area contributed by atoms with Gasteiger partial charge >= 0.3 is 0 Å². The smallest absolute Gasteiger partial charge is 0.165 e. The van der Waals surface area contributed by atoms with Crippen molar-refractivity contribution in [1.29, 1.82) is 5.26 Å². The van der Waals surface area contributed by atoms with Gasteiger partial charge in [0, 0.05) is 53.3 Å². The van der Waals surface area contributed by atoms with Gasteiger partial charge in [0.2, 0.25) is 0 Å². The van der Waals surface area contributed by atoms with Crippen LogP contribution in [0.5, 0.6) is 0 Å². The molecule has 0 saturated carbocycles. The molecule has 0 aliphatic carbocycles. The van der Waals surface area contributed by atoms with Crippen molar-refractivity contribution in [2.75, 3.05) is 0 Å². The number of nitrogens with zero attached hydrogens (tertiary/aromatic N) is 5. The summed E-state index contributed by atoms with van der Waals surface area (Å²) in [6.07, 6.45) is 0. The second-order valence-corrected chi connectivity index (χ2v) is 12.3. The summed E-state index contributed by atoms with van der Waals surface area (Å²) in [6, 6.07) is 49.8. The maximum absolute atomic E-state index is 9.63. The summed E-state index contributed by atoms with van der Waals surface area (Å²) in [4.78, 5) is 15.1. The number of hydrogen-bond acceptors (Lipinski definition) is 5. The molecule has 0 bridgehead atoms. The summed E-state index contributed by atoms with van der Waals surface area (Å²) < 4.78 is 4.67. The topological polar surface area (TPSA) is 67.4 Å². The molecule has 5 nitrogen and oxygen atoms in total. The van der Waals surface area contributed by atoms with Gasteiger partial charge in [-0.1, -0.05) is 97.1 Å². The van der Waals surface area contributed by atoms with Crippen LogP contribution in [0.25, 0.3) is 81.8 Å². The van der Waals surface area contributed by atoms with E-state index in [0.717, 1.165) is 43.5 Å². The van der Waals surface area contributed by atoms with Crippen molar-refractivity contribution in [3.63, 3.8) is 0 Å². The van der Waals surface area contributed by atoms with Gasteiger partial charge in [-0.25, -0.2) is 15.0 Å². The van der Waals surface area contributed by atoms with Crippen molar-refractivity contribution in [2.45, 2.75) is 0 Å². The molecule has 0 radical (unpaired) electrons. The summed E-state index contributed by atoms with van der Waals surface area (Å²) >= 11 is 1.75. The predicted molar refractivity (Wildman–Crippen MR) is 188 cm³/mol. The molecule has 9 aromatic rings. The van der Waals surface area contributed by atoms with Gasteiger partial charge in [0.15, 0.2) is 17.5 Å². The van der Waals surface area contributed by atoms with Gasteiger partial charge in [-0.05, 0) is 42.5 Å². The first-order chi connectivity index (χ1) is 22.7. The Morgan fingerprint density at radius 3 is 1.87 bits per heavy atom. The number of para-hydroxylation sites is 2. The summed E-state index contributed by atoms with van der Waals surface area (Å²) in [5, 5.41) is 14.4. The number of aromatic nitrogens is 4. The second-order valence-electron chi connectivity index (χ2n) is 11.2. The van der Waals surface area contributed by atoms with Crippen molar-refractivity contribution in [3.05, 3.63) is 145 Å². The molecule has 6 heteroatoms. The molecule has 3 aromatic heterocycles. The SMILES string of the molecule is N#Cc1cccc(-c2nc(-c3ccccc3)nc(-c3cc(-n4c5ccccc5c5ccccc54)cc4c3sc3ccccc34)n2)c1. The lowest BCUT2D eigenvalue weighted by Gasteiger charge is -2.13. The zero-order valence-corrected chi connectivity index (χ0v) is 25.2. The molecule has 6 aromatic carbocycles. The van der Waals surface area contributed by atoms with Crippen LogP contribution in [0, 0.1) is 11.3 Å². The Hall–Kier alpha value is -6.16. The Morgan fingerprint density at radius 1 is 0.522 bits per heavy atom. The van der Waals surface area contributed by atoms with E-state index in [2.05, 4.69) is 95.6 Å². The van der Waals surface area contributed by atoms with Crippen molar-refractivity contribution < 1.29 is 0 Å². The summed E-state index contributed by atoms with van der Waals surface area (Å²) in [7, 11) is 0. The third-order valence-electron chi connectivity index (χ3n) is 8.46. The van der Waals surface area contributed by atoms with E-state index in [4.69, 9.17) is 15.0 Å². The van der Waals surface area contributed by atoms with Crippen LogP contribution in [0.3, 0.4) is 0 Å². The van der Waals surface area contributed by atoms with Gasteiger partial charge < -0.3 is 4.57 Å². The first kappa shape index (κ1) is 26.3. The van der Waals surface area contributed by atoms with Gasteiger partial charge in [0.05, 0.1) is 22.7 Å². The normalized spacial score (nSPS) is 11.5. The van der Waals surface area contributed by atoms with Crippen LogP contribution in [-0.2, 0) is 0 Å². The number of benzene rings is 6. The number of thiophene rings is 1. The summed E-state index contributed by atoms with van der Waals surface area (Å²) in [5.74, 6) is 1.70. The van der Waals surface area contributed by atoms with Gasteiger partial charge in [0.25, 0.3) is 0 Å². The van der Waals surface area contributed by atoms with Crippen LogP contribution in [0.1, 0.15) is 5.56 Å². The molecule has 0 atom stereocenters. The average Bonchev–Trinajstić information content (AvgIpc) is 3.67. The Labute approximate surface area is 268 Å². The molecule has 0 fully saturated rings. The van der Waals surface area contributed by atoms with Crippen LogP contribution in [0.15, 0.2) is 140 Å². The fourth-order valence-electron chi connectivity index (χ4n) is 6.38. The highest BCUT2D eigenvalue weighted by Gasteiger charge is 2.20. The van der Waals surface area contributed by atoms with Gasteiger partial charge in [-0.15, -0.1) is 11.3 Å². The van der Waals surface area contributed by atoms with Crippen LogP contribution < -0.4 is 0 Å². The van der Waals surface area contributed by atoms with E-state index >= 15 is 0 Å². The van der Waals surface area contributed by atoms with Gasteiger partial charge in [-0.2, -0.15) is 5.26 Å². The van der Waals surface area contributed by atoms with E-state index in [1.165, 1.54) is 20.9 Å². The molecule has 214 valence electrons. The quantitative estimate of drug-likeness (QED) is 0.200. The lowest BCUT2D eigenvalue weighted by Crippen LogP contribution is -2.01. The molecule has 0 amide bonds. The zero-order valence-electron chi connectivity index (χ0n) is 24.4. The maximum Gasteiger partial charge on any atom is 0.165 e. The van der Waals surface area contributed by atoms with E-state index < -0.39 is 0 Å². The Balaban J connectivity index is 1.39. The second kappa shape index (κ2) is 10.5. The summed E-state index contributed by atoms with van der Waals surface area (Å²) in [5.41, 5.74) is 6.49. The van der Waals surface area contributed by atoms with Crippen LogP contribution >= 0.6 is 11.3 Å². The minimum Gasteiger partial charge on any atom is -0.309 e. The predicted octanol–water partition coefficient (Wildman–Crippen LogP) is 10.2. The van der Waals surface area contributed by atoms with Crippen LogP contribution in [0.2, 0.25) is 0 Å². The first-order valence-electron chi connectivity index (χ1n) is 15.0. The summed E-state index contributed by atoms with van der Waals surface area (Å²) in [6.45, 7) is 0. The van der Waals surface area contributed by atoms with E-state index in [1.54, 1.807) is 17.4 Å². The molecule has 0 N–H and O–H groups in total. The van der Waals surface area contributed by atoms with Gasteiger partial charge in [0.1, 0.15) is 0 Å². The van der Waals surface area contributed by atoms with Crippen LogP contribution in [-0.4, -0.2) is 19.5 Å². The minimum absolute atomic E-state index is 0.525. The number of fused-ring (bicyclic) bond motifs is 6. The maximum atomic E-state index is 9.63. The fourth-order valence-corrected chi connectivity index (χ4v) is 7.57. The molecule has 9 rings (SSSR count). The van der Waals surface area contributed by atoms with Crippen molar-refractivity contribution >= 4 is 53.3 Å². The third kappa shape index (κ3) is 4.18. The molecule has 0 unspecified atom stereocenters. The zero-order chi connectivity index (χ0) is 30.6. The lowest BCUT2D eigenvalue weighted by molar-refractivity contribution is 1.07. The van der Waals surface area contributed by atoms with E-state index in [0.29, 0.717) is 23.0 Å².